The second kappa shape index (κ2) is 10.5. The van der Waals surface area contributed by atoms with E-state index in [0.717, 1.165) is 36.8 Å². The standard InChI is InChI=1S/C28H40O4/c1-5-28(31,6-2)15-8-16-32-19-23-12-13-25-21(9-7-14-27(23,25)4)10-11-22-17-24(29)18-26(30)20(22)3/h10-12,24-26,29-31H,3,5-7,9,13-14,16-19H2,1-2,4H3/b21-10+,22-11-/t24-,25+,26+,27-/m1/s1. The van der Waals surface area contributed by atoms with Crippen LogP contribution in [0.15, 0.2) is 47.1 Å². The van der Waals surface area contributed by atoms with Crippen LogP contribution in [-0.2, 0) is 4.74 Å². The maximum absolute atomic E-state index is 10.3. The van der Waals surface area contributed by atoms with Gasteiger partial charge in [0.15, 0.2) is 0 Å². The van der Waals surface area contributed by atoms with Gasteiger partial charge in [0.2, 0.25) is 0 Å². The third-order valence-corrected chi connectivity index (χ3v) is 7.90. The van der Waals surface area contributed by atoms with E-state index in [1.807, 2.05) is 13.8 Å². The molecule has 0 spiro atoms. The Hall–Kier alpha value is -1.64. The van der Waals surface area contributed by atoms with E-state index in [-0.39, 0.29) is 5.41 Å². The van der Waals surface area contributed by atoms with Crippen LogP contribution in [0.5, 0.6) is 0 Å². The van der Waals surface area contributed by atoms with Crippen molar-refractivity contribution in [3.8, 4) is 11.8 Å². The molecular formula is C28H40O4. The van der Waals surface area contributed by atoms with E-state index in [0.29, 0.717) is 44.8 Å². The van der Waals surface area contributed by atoms with Crippen molar-refractivity contribution < 1.29 is 20.1 Å². The van der Waals surface area contributed by atoms with Crippen LogP contribution in [0.1, 0.15) is 72.1 Å². The van der Waals surface area contributed by atoms with Gasteiger partial charge >= 0.3 is 0 Å². The highest BCUT2D eigenvalue weighted by atomic mass is 16.5. The fourth-order valence-corrected chi connectivity index (χ4v) is 5.43. The largest absolute Gasteiger partial charge is 0.393 e. The van der Waals surface area contributed by atoms with Crippen molar-refractivity contribution in [2.24, 2.45) is 11.3 Å². The first-order chi connectivity index (χ1) is 15.2. The number of aliphatic hydroxyl groups excluding tert-OH is 2. The summed E-state index contributed by atoms with van der Waals surface area (Å²) in [6, 6.07) is 0. The van der Waals surface area contributed by atoms with Crippen LogP contribution >= 0.6 is 0 Å². The first-order valence-electron chi connectivity index (χ1n) is 12.2. The number of fused-ring (bicyclic) bond motifs is 1. The Morgan fingerprint density at radius 3 is 2.75 bits per heavy atom. The Kier molecular flexibility index (Phi) is 8.22. The van der Waals surface area contributed by atoms with Gasteiger partial charge in [0.05, 0.1) is 18.8 Å². The minimum atomic E-state index is -0.902. The fourth-order valence-electron chi connectivity index (χ4n) is 5.43. The molecule has 3 N–H and O–H groups in total. The molecule has 0 radical (unpaired) electrons. The van der Waals surface area contributed by atoms with Gasteiger partial charge in [-0.05, 0) is 73.0 Å². The fraction of sp³-hybridized carbons (Fsp3) is 0.643. The molecule has 4 atom stereocenters. The Balaban J connectivity index is 1.63. The first-order valence-corrected chi connectivity index (χ1v) is 12.2. The van der Waals surface area contributed by atoms with Crippen LogP contribution in [0.3, 0.4) is 0 Å². The average Bonchev–Trinajstić information content (AvgIpc) is 3.11. The van der Waals surface area contributed by atoms with E-state index in [2.05, 4.69) is 43.6 Å². The second-order valence-corrected chi connectivity index (χ2v) is 9.89. The molecule has 4 heteroatoms. The van der Waals surface area contributed by atoms with Crippen molar-refractivity contribution in [3.05, 3.63) is 47.1 Å². The number of allylic oxidation sites excluding steroid dienone is 4. The summed E-state index contributed by atoms with van der Waals surface area (Å²) in [5.74, 6) is 6.42. The predicted octanol–water partition coefficient (Wildman–Crippen LogP) is 4.62. The predicted molar refractivity (Wildman–Crippen MR) is 129 cm³/mol. The smallest absolute Gasteiger partial charge is 0.125 e. The average molecular weight is 441 g/mol. The molecule has 0 aromatic rings. The Labute approximate surface area is 193 Å². The zero-order valence-electron chi connectivity index (χ0n) is 20.0. The number of ether oxygens (including phenoxy) is 1. The van der Waals surface area contributed by atoms with Gasteiger partial charge in [0, 0.05) is 6.42 Å². The molecule has 3 aliphatic rings. The van der Waals surface area contributed by atoms with Crippen LogP contribution < -0.4 is 0 Å². The Morgan fingerprint density at radius 2 is 2.03 bits per heavy atom. The Morgan fingerprint density at radius 1 is 1.28 bits per heavy atom. The van der Waals surface area contributed by atoms with Crippen LogP contribution in [-0.4, -0.2) is 46.3 Å². The minimum absolute atomic E-state index is 0.103. The van der Waals surface area contributed by atoms with Crippen molar-refractivity contribution in [2.45, 2.75) is 89.9 Å². The van der Waals surface area contributed by atoms with E-state index < -0.39 is 17.8 Å². The summed E-state index contributed by atoms with van der Waals surface area (Å²) in [5.41, 5.74) is 3.70. The van der Waals surface area contributed by atoms with Gasteiger partial charge in [0.1, 0.15) is 12.2 Å². The molecule has 2 saturated carbocycles. The molecule has 4 nitrogen and oxygen atoms in total. The Bertz CT molecular complexity index is 848. The summed E-state index contributed by atoms with van der Waals surface area (Å²) in [5, 5.41) is 30.4. The first kappa shape index (κ1) is 25.0. The van der Waals surface area contributed by atoms with E-state index in [1.54, 1.807) is 0 Å². The molecule has 0 heterocycles. The van der Waals surface area contributed by atoms with Crippen molar-refractivity contribution in [2.75, 3.05) is 13.2 Å². The normalized spacial score (nSPS) is 33.1. The highest BCUT2D eigenvalue weighted by molar-refractivity contribution is 5.40. The summed E-state index contributed by atoms with van der Waals surface area (Å²) in [6.45, 7) is 11.2. The third-order valence-electron chi connectivity index (χ3n) is 7.90. The molecule has 2 fully saturated rings. The van der Waals surface area contributed by atoms with Crippen LogP contribution in [0, 0.1) is 23.2 Å². The minimum Gasteiger partial charge on any atom is -0.393 e. The molecule has 0 aliphatic heterocycles. The molecule has 0 bridgehead atoms. The maximum atomic E-state index is 10.3. The van der Waals surface area contributed by atoms with Crippen molar-refractivity contribution in [1.29, 1.82) is 0 Å². The molecule has 0 unspecified atom stereocenters. The molecule has 176 valence electrons. The molecule has 3 aliphatic carbocycles. The number of hydrogen-bond acceptors (Lipinski definition) is 4. The zero-order chi connectivity index (χ0) is 23.4. The van der Waals surface area contributed by atoms with Gasteiger partial charge in [-0.25, -0.2) is 0 Å². The molecule has 3 rings (SSSR count). The van der Waals surface area contributed by atoms with Crippen molar-refractivity contribution in [1.82, 2.24) is 0 Å². The molecular weight excluding hydrogens is 400 g/mol. The van der Waals surface area contributed by atoms with Gasteiger partial charge in [-0.1, -0.05) is 63.0 Å². The van der Waals surface area contributed by atoms with Gasteiger partial charge < -0.3 is 20.1 Å². The quantitative estimate of drug-likeness (QED) is 0.320. The van der Waals surface area contributed by atoms with Crippen LogP contribution in [0.25, 0.3) is 0 Å². The maximum Gasteiger partial charge on any atom is 0.125 e. The van der Waals surface area contributed by atoms with Crippen LogP contribution in [0.4, 0.5) is 0 Å². The SMILES string of the molecule is C=C1/C(=C\C=C2/CCC[C@]3(C)C(COCC#CC(O)(CC)CC)=CC[C@@H]23)C[C@@H](O)C[C@@H]1O. The van der Waals surface area contributed by atoms with Gasteiger partial charge in [0.25, 0.3) is 0 Å². The highest BCUT2D eigenvalue weighted by Gasteiger charge is 2.44. The monoisotopic (exact) mass is 440 g/mol. The van der Waals surface area contributed by atoms with Gasteiger partial charge in [-0.15, -0.1) is 0 Å². The van der Waals surface area contributed by atoms with Crippen LogP contribution in [0.2, 0.25) is 0 Å². The highest BCUT2D eigenvalue weighted by Crippen LogP contribution is 2.54. The second-order valence-electron chi connectivity index (χ2n) is 9.89. The van der Waals surface area contributed by atoms with E-state index in [4.69, 9.17) is 4.74 Å². The lowest BCUT2D eigenvalue weighted by atomic mass is 9.64. The summed E-state index contributed by atoms with van der Waals surface area (Å²) >= 11 is 0. The third kappa shape index (κ3) is 5.46. The molecule has 0 aromatic heterocycles. The topological polar surface area (TPSA) is 69.9 Å². The van der Waals surface area contributed by atoms with Crippen molar-refractivity contribution >= 4 is 0 Å². The van der Waals surface area contributed by atoms with E-state index in [1.165, 1.54) is 11.1 Å². The zero-order valence-corrected chi connectivity index (χ0v) is 20.0. The molecule has 32 heavy (non-hydrogen) atoms. The lowest BCUT2D eigenvalue weighted by Gasteiger charge is -2.41. The lowest BCUT2D eigenvalue weighted by molar-refractivity contribution is 0.0862. The number of rotatable bonds is 6. The summed E-state index contributed by atoms with van der Waals surface area (Å²) in [4.78, 5) is 0. The molecule has 0 amide bonds. The number of aliphatic hydroxyl groups is 3. The van der Waals surface area contributed by atoms with Gasteiger partial charge in [-0.3, -0.25) is 0 Å². The molecule has 0 saturated heterocycles. The summed E-state index contributed by atoms with van der Waals surface area (Å²) in [6.07, 6.45) is 12.1. The number of hydrogen-bond donors (Lipinski definition) is 3. The summed E-state index contributed by atoms with van der Waals surface area (Å²) in [7, 11) is 0. The van der Waals surface area contributed by atoms with E-state index in [9.17, 15) is 15.3 Å². The van der Waals surface area contributed by atoms with Gasteiger partial charge in [-0.2, -0.15) is 0 Å². The lowest BCUT2D eigenvalue weighted by Crippen LogP contribution is -2.32. The molecule has 0 aromatic carbocycles. The summed E-state index contributed by atoms with van der Waals surface area (Å²) < 4.78 is 5.89. The van der Waals surface area contributed by atoms with E-state index >= 15 is 0 Å². The van der Waals surface area contributed by atoms with Crippen molar-refractivity contribution in [3.63, 3.8) is 0 Å².